The third kappa shape index (κ3) is 2.60. The van der Waals surface area contributed by atoms with E-state index in [4.69, 9.17) is 4.74 Å². The van der Waals surface area contributed by atoms with E-state index in [2.05, 4.69) is 5.32 Å². The topological polar surface area (TPSA) is 43.3 Å². The summed E-state index contributed by atoms with van der Waals surface area (Å²) in [5.74, 6) is 0.807. The molecule has 14 heavy (non-hydrogen) atoms. The van der Waals surface area contributed by atoms with E-state index in [-0.39, 0.29) is 11.6 Å². The van der Waals surface area contributed by atoms with Crippen LogP contribution in [-0.2, 0) is 11.8 Å². The second-order valence-electron chi connectivity index (χ2n) is 3.31. The summed E-state index contributed by atoms with van der Waals surface area (Å²) in [6, 6.07) is 5.33. The number of nitrogens with one attached hydrogen (secondary N) is 1. The van der Waals surface area contributed by atoms with Crippen LogP contribution in [0.3, 0.4) is 0 Å². The number of pyridine rings is 1. The van der Waals surface area contributed by atoms with Crippen LogP contribution in [0.2, 0.25) is 0 Å². The first-order valence-electron chi connectivity index (χ1n) is 4.56. The largest absolute Gasteiger partial charge is 0.383 e. The molecule has 78 valence electrons. The molecule has 0 saturated heterocycles. The normalized spacial score (nSPS) is 12.5. The molecule has 1 heterocycles. The Labute approximate surface area is 83.5 Å². The van der Waals surface area contributed by atoms with Crippen LogP contribution in [0.15, 0.2) is 23.0 Å². The van der Waals surface area contributed by atoms with Crippen molar-refractivity contribution in [3.05, 3.63) is 28.6 Å². The fourth-order valence-corrected chi connectivity index (χ4v) is 1.25. The molecule has 0 bridgehead atoms. The highest BCUT2D eigenvalue weighted by Crippen LogP contribution is 2.03. The summed E-state index contributed by atoms with van der Waals surface area (Å²) in [6.07, 6.45) is 0. The van der Waals surface area contributed by atoms with E-state index in [0.717, 1.165) is 5.82 Å². The number of anilines is 1. The molecule has 0 aliphatic carbocycles. The van der Waals surface area contributed by atoms with Gasteiger partial charge in [0, 0.05) is 26.3 Å². The fraction of sp³-hybridized carbons (Fsp3) is 0.500. The van der Waals surface area contributed by atoms with E-state index in [1.807, 2.05) is 13.0 Å². The first-order chi connectivity index (χ1) is 6.65. The summed E-state index contributed by atoms with van der Waals surface area (Å²) in [7, 11) is 3.40. The highest BCUT2D eigenvalue weighted by Gasteiger charge is 2.03. The van der Waals surface area contributed by atoms with Crippen LogP contribution in [0, 0.1) is 0 Å². The van der Waals surface area contributed by atoms with Gasteiger partial charge in [0.2, 0.25) is 0 Å². The van der Waals surface area contributed by atoms with Crippen LogP contribution in [0.1, 0.15) is 6.92 Å². The second kappa shape index (κ2) is 4.81. The summed E-state index contributed by atoms with van der Waals surface area (Å²) in [5, 5.41) is 3.19. The molecule has 0 aliphatic rings. The zero-order valence-corrected chi connectivity index (χ0v) is 8.78. The monoisotopic (exact) mass is 196 g/mol. The molecule has 1 atom stereocenters. The molecule has 0 aromatic carbocycles. The van der Waals surface area contributed by atoms with Crippen molar-refractivity contribution in [3.8, 4) is 0 Å². The van der Waals surface area contributed by atoms with Gasteiger partial charge in [-0.1, -0.05) is 6.07 Å². The molecule has 0 radical (unpaired) electrons. The molecule has 0 amide bonds. The Morgan fingerprint density at radius 2 is 2.29 bits per heavy atom. The van der Waals surface area contributed by atoms with Crippen LogP contribution in [0.5, 0.6) is 0 Å². The van der Waals surface area contributed by atoms with E-state index in [1.165, 1.54) is 6.07 Å². The number of hydrogen-bond donors (Lipinski definition) is 1. The van der Waals surface area contributed by atoms with Gasteiger partial charge in [0.05, 0.1) is 6.61 Å². The Bertz CT molecular complexity index is 346. The maximum Gasteiger partial charge on any atom is 0.251 e. The lowest BCUT2D eigenvalue weighted by Gasteiger charge is -2.16. The minimum atomic E-state index is -0.0142. The van der Waals surface area contributed by atoms with Crippen LogP contribution >= 0.6 is 0 Å². The Hall–Kier alpha value is -1.29. The minimum Gasteiger partial charge on any atom is -0.383 e. The number of nitrogens with zero attached hydrogens (tertiary/aromatic N) is 1. The quantitative estimate of drug-likeness (QED) is 0.775. The average molecular weight is 196 g/mol. The van der Waals surface area contributed by atoms with E-state index in [9.17, 15) is 4.79 Å². The SMILES string of the molecule is COC[C@@H](C)Nc1cccc(=O)n1C. The van der Waals surface area contributed by atoms with Gasteiger partial charge in [-0.2, -0.15) is 0 Å². The molecular weight excluding hydrogens is 180 g/mol. The van der Waals surface area contributed by atoms with Crippen molar-refractivity contribution in [2.24, 2.45) is 7.05 Å². The van der Waals surface area contributed by atoms with Gasteiger partial charge in [0.15, 0.2) is 0 Å². The van der Waals surface area contributed by atoms with Crippen molar-refractivity contribution in [2.45, 2.75) is 13.0 Å². The fourth-order valence-electron chi connectivity index (χ4n) is 1.25. The van der Waals surface area contributed by atoms with E-state index in [0.29, 0.717) is 6.61 Å². The lowest BCUT2D eigenvalue weighted by atomic mass is 10.3. The standard InChI is InChI=1S/C10H16N2O2/c1-8(7-14-3)11-9-5-4-6-10(13)12(9)2/h4-6,8,11H,7H2,1-3H3/t8-/m1/s1. The number of ether oxygens (including phenoxy) is 1. The maximum absolute atomic E-state index is 11.3. The predicted molar refractivity (Wildman–Crippen MR) is 56.6 cm³/mol. The Morgan fingerprint density at radius 1 is 1.57 bits per heavy atom. The number of hydrogen-bond acceptors (Lipinski definition) is 3. The number of methoxy groups -OCH3 is 1. The third-order valence-corrected chi connectivity index (χ3v) is 2.00. The van der Waals surface area contributed by atoms with Crippen molar-refractivity contribution in [1.82, 2.24) is 4.57 Å². The zero-order valence-electron chi connectivity index (χ0n) is 8.78. The molecule has 4 heteroatoms. The van der Waals surface area contributed by atoms with Gasteiger partial charge in [-0.15, -0.1) is 0 Å². The third-order valence-electron chi connectivity index (χ3n) is 2.00. The molecule has 0 aliphatic heterocycles. The highest BCUT2D eigenvalue weighted by molar-refractivity contribution is 5.36. The molecular formula is C10H16N2O2. The van der Waals surface area contributed by atoms with Crippen LogP contribution in [0.25, 0.3) is 0 Å². The van der Waals surface area contributed by atoms with E-state index in [1.54, 1.807) is 24.8 Å². The van der Waals surface area contributed by atoms with Crippen molar-refractivity contribution in [2.75, 3.05) is 19.0 Å². The van der Waals surface area contributed by atoms with Gasteiger partial charge in [0.25, 0.3) is 5.56 Å². The predicted octanol–water partition coefficient (Wildman–Crippen LogP) is 0.832. The van der Waals surface area contributed by atoms with E-state index < -0.39 is 0 Å². The Kier molecular flexibility index (Phi) is 3.71. The molecule has 4 nitrogen and oxygen atoms in total. The minimum absolute atomic E-state index is 0.0142. The van der Waals surface area contributed by atoms with Gasteiger partial charge in [0.1, 0.15) is 5.82 Å². The highest BCUT2D eigenvalue weighted by atomic mass is 16.5. The molecule has 1 rings (SSSR count). The molecule has 1 aromatic rings. The van der Waals surface area contributed by atoms with Gasteiger partial charge in [-0.3, -0.25) is 9.36 Å². The Balaban J connectivity index is 2.76. The smallest absolute Gasteiger partial charge is 0.251 e. The molecule has 0 saturated carbocycles. The van der Waals surface area contributed by atoms with Crippen molar-refractivity contribution < 1.29 is 4.74 Å². The van der Waals surface area contributed by atoms with Crippen LogP contribution in [-0.4, -0.2) is 24.3 Å². The molecule has 0 fully saturated rings. The first kappa shape index (κ1) is 10.8. The van der Waals surface area contributed by atoms with Gasteiger partial charge in [-0.25, -0.2) is 0 Å². The summed E-state index contributed by atoms with van der Waals surface area (Å²) in [6.45, 7) is 2.62. The molecule has 1 N–H and O–H groups in total. The lowest BCUT2D eigenvalue weighted by Crippen LogP contribution is -2.26. The summed E-state index contributed by atoms with van der Waals surface area (Å²) in [5.41, 5.74) is -0.0142. The summed E-state index contributed by atoms with van der Waals surface area (Å²) >= 11 is 0. The molecule has 0 spiro atoms. The number of aromatic nitrogens is 1. The zero-order chi connectivity index (χ0) is 10.6. The van der Waals surface area contributed by atoms with Crippen molar-refractivity contribution in [3.63, 3.8) is 0 Å². The number of rotatable bonds is 4. The maximum atomic E-state index is 11.3. The van der Waals surface area contributed by atoms with Gasteiger partial charge < -0.3 is 10.1 Å². The van der Waals surface area contributed by atoms with Gasteiger partial charge in [-0.05, 0) is 13.0 Å². The van der Waals surface area contributed by atoms with Crippen LogP contribution in [0.4, 0.5) is 5.82 Å². The first-order valence-corrected chi connectivity index (χ1v) is 4.56. The van der Waals surface area contributed by atoms with Gasteiger partial charge >= 0.3 is 0 Å². The summed E-state index contributed by atoms with van der Waals surface area (Å²) in [4.78, 5) is 11.3. The Morgan fingerprint density at radius 3 is 2.93 bits per heavy atom. The average Bonchev–Trinajstić information content (AvgIpc) is 2.13. The van der Waals surface area contributed by atoms with E-state index >= 15 is 0 Å². The molecule has 0 unspecified atom stereocenters. The van der Waals surface area contributed by atoms with Crippen molar-refractivity contribution in [1.29, 1.82) is 0 Å². The lowest BCUT2D eigenvalue weighted by molar-refractivity contribution is 0.190. The van der Waals surface area contributed by atoms with Crippen LogP contribution < -0.4 is 10.9 Å². The summed E-state index contributed by atoms with van der Waals surface area (Å²) < 4.78 is 6.57. The molecule has 1 aromatic heterocycles. The van der Waals surface area contributed by atoms with Crippen molar-refractivity contribution >= 4 is 5.82 Å². The second-order valence-corrected chi connectivity index (χ2v) is 3.31.